The quantitative estimate of drug-likeness (QED) is 0.791. The van der Waals surface area contributed by atoms with Crippen molar-refractivity contribution in [3.8, 4) is 0 Å². The number of amides is 1. The summed E-state index contributed by atoms with van der Waals surface area (Å²) in [5.41, 5.74) is 0.0954. The van der Waals surface area contributed by atoms with E-state index in [1.54, 1.807) is 0 Å². The summed E-state index contributed by atoms with van der Waals surface area (Å²) in [7, 11) is 2.15. The first-order chi connectivity index (χ1) is 9.61. The van der Waals surface area contributed by atoms with E-state index in [-0.39, 0.29) is 11.3 Å². The molecule has 0 unspecified atom stereocenters. The van der Waals surface area contributed by atoms with Gasteiger partial charge in [-0.3, -0.25) is 4.79 Å². The first kappa shape index (κ1) is 14.0. The Morgan fingerprint density at radius 2 is 2.35 bits per heavy atom. The second-order valence-electron chi connectivity index (χ2n) is 6.22. The SMILES string of the molecule is C[C@H]1CN(C)C[C@@]12COCCN(C(=O)c1cccs1)C2. The molecule has 1 aromatic rings. The fraction of sp³-hybridized carbons (Fsp3) is 0.667. The molecule has 1 amide bonds. The highest BCUT2D eigenvalue weighted by atomic mass is 32.1. The molecule has 2 atom stereocenters. The van der Waals surface area contributed by atoms with E-state index in [2.05, 4.69) is 18.9 Å². The van der Waals surface area contributed by atoms with Crippen LogP contribution in [-0.4, -0.2) is 62.1 Å². The summed E-state index contributed by atoms with van der Waals surface area (Å²) >= 11 is 1.52. The van der Waals surface area contributed by atoms with Gasteiger partial charge in [-0.2, -0.15) is 0 Å². The van der Waals surface area contributed by atoms with E-state index in [0.29, 0.717) is 19.1 Å². The number of rotatable bonds is 1. The third-order valence-electron chi connectivity index (χ3n) is 4.64. The number of ether oxygens (including phenoxy) is 1. The lowest BCUT2D eigenvalue weighted by atomic mass is 9.79. The third-order valence-corrected chi connectivity index (χ3v) is 5.49. The zero-order chi connectivity index (χ0) is 14.2. The van der Waals surface area contributed by atoms with E-state index in [4.69, 9.17) is 4.74 Å². The van der Waals surface area contributed by atoms with Gasteiger partial charge in [-0.05, 0) is 24.4 Å². The average Bonchev–Trinajstić information content (AvgIpc) is 2.96. The summed E-state index contributed by atoms with van der Waals surface area (Å²) in [5.74, 6) is 0.718. The van der Waals surface area contributed by atoms with Gasteiger partial charge in [-0.25, -0.2) is 0 Å². The lowest BCUT2D eigenvalue weighted by Crippen LogP contribution is -2.45. The Morgan fingerprint density at radius 1 is 1.50 bits per heavy atom. The Balaban J connectivity index is 1.81. The van der Waals surface area contributed by atoms with Crippen LogP contribution < -0.4 is 0 Å². The van der Waals surface area contributed by atoms with Crippen LogP contribution >= 0.6 is 11.3 Å². The summed E-state index contributed by atoms with van der Waals surface area (Å²) in [6, 6.07) is 3.85. The highest BCUT2D eigenvalue weighted by Gasteiger charge is 2.46. The van der Waals surface area contributed by atoms with Gasteiger partial charge < -0.3 is 14.5 Å². The van der Waals surface area contributed by atoms with Crippen LogP contribution in [0.15, 0.2) is 17.5 Å². The largest absolute Gasteiger partial charge is 0.379 e. The number of carbonyl (C=O) groups is 1. The van der Waals surface area contributed by atoms with Gasteiger partial charge in [-0.1, -0.05) is 13.0 Å². The minimum atomic E-state index is 0.0954. The molecule has 4 nitrogen and oxygen atoms in total. The molecule has 0 radical (unpaired) electrons. The van der Waals surface area contributed by atoms with Gasteiger partial charge in [0.05, 0.1) is 18.1 Å². The molecular formula is C15H22N2O2S. The zero-order valence-electron chi connectivity index (χ0n) is 12.2. The average molecular weight is 294 g/mol. The molecule has 20 heavy (non-hydrogen) atoms. The topological polar surface area (TPSA) is 32.8 Å². The number of thiophene rings is 1. The molecule has 0 N–H and O–H groups in total. The maximum atomic E-state index is 12.6. The summed E-state index contributed by atoms with van der Waals surface area (Å²) in [6.07, 6.45) is 0. The first-order valence-corrected chi connectivity index (χ1v) is 8.08. The van der Waals surface area contributed by atoms with Crippen molar-refractivity contribution in [3.63, 3.8) is 0 Å². The number of hydrogen-bond donors (Lipinski definition) is 0. The van der Waals surface area contributed by atoms with Gasteiger partial charge in [-0.15, -0.1) is 11.3 Å². The van der Waals surface area contributed by atoms with E-state index < -0.39 is 0 Å². The lowest BCUT2D eigenvalue weighted by molar-refractivity contribution is 0.0491. The van der Waals surface area contributed by atoms with Crippen LogP contribution in [0.4, 0.5) is 0 Å². The minimum absolute atomic E-state index is 0.0954. The van der Waals surface area contributed by atoms with Crippen molar-refractivity contribution in [2.24, 2.45) is 11.3 Å². The molecule has 5 heteroatoms. The Bertz CT molecular complexity index is 476. The fourth-order valence-electron chi connectivity index (χ4n) is 3.50. The molecule has 110 valence electrons. The van der Waals surface area contributed by atoms with Gasteiger partial charge >= 0.3 is 0 Å². The molecule has 2 aliphatic rings. The van der Waals surface area contributed by atoms with E-state index >= 15 is 0 Å². The molecule has 2 saturated heterocycles. The second-order valence-corrected chi connectivity index (χ2v) is 7.16. The second kappa shape index (κ2) is 5.47. The van der Waals surface area contributed by atoms with Crippen molar-refractivity contribution < 1.29 is 9.53 Å². The number of likely N-dealkylation sites (tertiary alicyclic amines) is 1. The van der Waals surface area contributed by atoms with E-state index in [1.807, 2.05) is 22.4 Å². The standard InChI is InChI=1S/C15H22N2O2S/c1-12-8-16(2)9-15(12)10-17(5-6-19-11-15)14(18)13-4-3-7-20-13/h3-4,7,12H,5-6,8-11H2,1-2H3/t12-,15+/m0/s1. The van der Waals surface area contributed by atoms with Gasteiger partial charge in [0, 0.05) is 31.6 Å². The normalized spacial score (nSPS) is 31.7. The van der Waals surface area contributed by atoms with Crippen molar-refractivity contribution in [3.05, 3.63) is 22.4 Å². The van der Waals surface area contributed by atoms with E-state index in [1.165, 1.54) is 11.3 Å². The highest BCUT2D eigenvalue weighted by Crippen LogP contribution is 2.38. The Labute approximate surface area is 124 Å². The summed E-state index contributed by atoms with van der Waals surface area (Å²) in [6.45, 7) is 7.32. The summed E-state index contributed by atoms with van der Waals surface area (Å²) < 4.78 is 5.83. The predicted octanol–water partition coefficient (Wildman–Crippen LogP) is 1.79. The molecule has 0 saturated carbocycles. The number of hydrogen-bond acceptors (Lipinski definition) is 4. The monoisotopic (exact) mass is 294 g/mol. The first-order valence-electron chi connectivity index (χ1n) is 7.20. The molecule has 2 aliphatic heterocycles. The molecule has 0 bridgehead atoms. The van der Waals surface area contributed by atoms with Crippen molar-refractivity contribution in [2.45, 2.75) is 6.92 Å². The zero-order valence-corrected chi connectivity index (χ0v) is 13.0. The van der Waals surface area contributed by atoms with Crippen LogP contribution in [0.25, 0.3) is 0 Å². The van der Waals surface area contributed by atoms with Crippen LogP contribution in [0, 0.1) is 11.3 Å². The van der Waals surface area contributed by atoms with E-state index in [0.717, 1.165) is 31.1 Å². The van der Waals surface area contributed by atoms with Crippen molar-refractivity contribution in [1.82, 2.24) is 9.80 Å². The highest BCUT2D eigenvalue weighted by molar-refractivity contribution is 7.12. The number of carbonyl (C=O) groups excluding carboxylic acids is 1. The van der Waals surface area contributed by atoms with E-state index in [9.17, 15) is 4.79 Å². The number of nitrogens with zero attached hydrogens (tertiary/aromatic N) is 2. The summed E-state index contributed by atoms with van der Waals surface area (Å²) in [4.78, 5) is 17.8. The van der Waals surface area contributed by atoms with Crippen LogP contribution in [0.3, 0.4) is 0 Å². The molecule has 1 aromatic heterocycles. The maximum Gasteiger partial charge on any atom is 0.264 e. The molecule has 1 spiro atoms. The Hall–Kier alpha value is -0.910. The Morgan fingerprint density at radius 3 is 3.00 bits per heavy atom. The van der Waals surface area contributed by atoms with Crippen LogP contribution in [0.2, 0.25) is 0 Å². The van der Waals surface area contributed by atoms with Crippen molar-refractivity contribution in [1.29, 1.82) is 0 Å². The molecule has 0 aromatic carbocycles. The van der Waals surface area contributed by atoms with Crippen LogP contribution in [0.1, 0.15) is 16.6 Å². The smallest absolute Gasteiger partial charge is 0.264 e. The van der Waals surface area contributed by atoms with Gasteiger partial charge in [0.25, 0.3) is 5.91 Å². The van der Waals surface area contributed by atoms with Crippen LogP contribution in [-0.2, 0) is 4.74 Å². The van der Waals surface area contributed by atoms with Crippen LogP contribution in [0.5, 0.6) is 0 Å². The summed E-state index contributed by atoms with van der Waals surface area (Å²) in [5, 5.41) is 1.96. The van der Waals surface area contributed by atoms with Crippen molar-refractivity contribution >= 4 is 17.2 Å². The molecule has 2 fully saturated rings. The predicted molar refractivity (Wildman–Crippen MR) is 80.1 cm³/mol. The molecule has 0 aliphatic carbocycles. The minimum Gasteiger partial charge on any atom is -0.379 e. The van der Waals surface area contributed by atoms with Gasteiger partial charge in [0.15, 0.2) is 0 Å². The lowest BCUT2D eigenvalue weighted by Gasteiger charge is -2.34. The maximum absolute atomic E-state index is 12.6. The van der Waals surface area contributed by atoms with Crippen molar-refractivity contribution in [2.75, 3.05) is 46.4 Å². The molecule has 3 rings (SSSR count). The molecular weight excluding hydrogens is 272 g/mol. The Kier molecular flexibility index (Phi) is 3.84. The van der Waals surface area contributed by atoms with Gasteiger partial charge in [0.1, 0.15) is 0 Å². The fourth-order valence-corrected chi connectivity index (χ4v) is 4.19. The van der Waals surface area contributed by atoms with Gasteiger partial charge in [0.2, 0.25) is 0 Å². The molecule has 3 heterocycles. The third kappa shape index (κ3) is 2.50.